The Balaban J connectivity index is 1.80. The molecule has 1 aliphatic heterocycles. The van der Waals surface area contributed by atoms with Gasteiger partial charge in [-0.1, -0.05) is 0 Å². The van der Waals surface area contributed by atoms with Gasteiger partial charge in [-0.3, -0.25) is 9.89 Å². The first kappa shape index (κ1) is 15.9. The van der Waals surface area contributed by atoms with Crippen molar-refractivity contribution in [3.05, 3.63) is 12.2 Å². The lowest BCUT2D eigenvalue weighted by atomic mass is 10.3. The molecule has 9 nitrogen and oxygen atoms in total. The minimum absolute atomic E-state index is 0.0852. The summed E-state index contributed by atoms with van der Waals surface area (Å²) in [5.41, 5.74) is 0. The summed E-state index contributed by atoms with van der Waals surface area (Å²) < 4.78 is 30.6. The highest BCUT2D eigenvalue weighted by molar-refractivity contribution is 7.89. The number of carbonyl (C=O) groups is 1. The van der Waals surface area contributed by atoms with Crippen LogP contribution in [0.2, 0.25) is 0 Å². The number of sulfonamides is 1. The third kappa shape index (κ3) is 4.48. The van der Waals surface area contributed by atoms with E-state index in [1.165, 1.54) is 10.6 Å². The van der Waals surface area contributed by atoms with Gasteiger partial charge in [0.2, 0.25) is 15.9 Å². The SMILES string of the molecule is CC(NC(=O)CCS(=O)(=O)N1CCOCC1)c1ncn[nH]1. The molecule has 1 aliphatic rings. The molecule has 1 amide bonds. The Hall–Kier alpha value is -1.52. The van der Waals surface area contributed by atoms with Crippen molar-refractivity contribution in [1.82, 2.24) is 24.8 Å². The average Bonchev–Trinajstić information content (AvgIpc) is 3.00. The first-order valence-electron chi connectivity index (χ1n) is 6.69. The highest BCUT2D eigenvalue weighted by Crippen LogP contribution is 2.08. The number of nitrogens with one attached hydrogen (secondary N) is 2. The second-order valence-corrected chi connectivity index (χ2v) is 6.83. The van der Waals surface area contributed by atoms with Crippen LogP contribution in [0.1, 0.15) is 25.2 Å². The van der Waals surface area contributed by atoms with Crippen molar-refractivity contribution in [2.45, 2.75) is 19.4 Å². The predicted molar refractivity (Wildman–Crippen MR) is 73.7 cm³/mol. The molecule has 1 aromatic heterocycles. The van der Waals surface area contributed by atoms with Crippen LogP contribution in [0, 0.1) is 0 Å². The average molecular weight is 317 g/mol. The number of hydrogen-bond acceptors (Lipinski definition) is 6. The van der Waals surface area contributed by atoms with Crippen molar-refractivity contribution in [2.24, 2.45) is 0 Å². The zero-order valence-corrected chi connectivity index (χ0v) is 12.6. The van der Waals surface area contributed by atoms with Crippen molar-refractivity contribution >= 4 is 15.9 Å². The monoisotopic (exact) mass is 317 g/mol. The fourth-order valence-electron chi connectivity index (χ4n) is 1.98. The van der Waals surface area contributed by atoms with Crippen molar-refractivity contribution in [2.75, 3.05) is 32.1 Å². The molecule has 2 N–H and O–H groups in total. The topological polar surface area (TPSA) is 117 Å². The number of amides is 1. The Labute approximate surface area is 123 Å². The maximum absolute atomic E-state index is 12.1. The molecule has 0 saturated carbocycles. The summed E-state index contributed by atoms with van der Waals surface area (Å²) in [6.07, 6.45) is 1.26. The summed E-state index contributed by atoms with van der Waals surface area (Å²) >= 11 is 0. The van der Waals surface area contributed by atoms with E-state index in [9.17, 15) is 13.2 Å². The van der Waals surface area contributed by atoms with Crippen molar-refractivity contribution in [3.8, 4) is 0 Å². The zero-order chi connectivity index (χ0) is 15.3. The summed E-state index contributed by atoms with van der Waals surface area (Å²) in [7, 11) is -3.41. The van der Waals surface area contributed by atoms with Gasteiger partial charge in [0, 0.05) is 19.5 Å². The number of aromatic amines is 1. The third-order valence-electron chi connectivity index (χ3n) is 3.17. The first-order chi connectivity index (χ1) is 9.99. The third-order valence-corrected chi connectivity index (χ3v) is 5.04. The molecule has 0 spiro atoms. The molecule has 0 aromatic carbocycles. The van der Waals surface area contributed by atoms with Crippen LogP contribution in [0.5, 0.6) is 0 Å². The Morgan fingerprint density at radius 1 is 1.52 bits per heavy atom. The molecule has 0 aliphatic carbocycles. The lowest BCUT2D eigenvalue weighted by Gasteiger charge is -2.25. The van der Waals surface area contributed by atoms with Crippen LogP contribution >= 0.6 is 0 Å². The lowest BCUT2D eigenvalue weighted by Crippen LogP contribution is -2.42. The van der Waals surface area contributed by atoms with Gasteiger partial charge in [0.25, 0.3) is 0 Å². The zero-order valence-electron chi connectivity index (χ0n) is 11.8. The van der Waals surface area contributed by atoms with Crippen LogP contribution in [0.4, 0.5) is 0 Å². The van der Waals surface area contributed by atoms with Gasteiger partial charge in [-0.05, 0) is 6.92 Å². The molecule has 2 rings (SSSR count). The Bertz CT molecular complexity index is 553. The molecular weight excluding hydrogens is 298 g/mol. The van der Waals surface area contributed by atoms with Gasteiger partial charge < -0.3 is 10.1 Å². The summed E-state index contributed by atoms with van der Waals surface area (Å²) in [6.45, 7) is 3.23. The van der Waals surface area contributed by atoms with E-state index in [1.807, 2.05) is 0 Å². The maximum atomic E-state index is 12.1. The second-order valence-electron chi connectivity index (χ2n) is 4.74. The fourth-order valence-corrected chi connectivity index (χ4v) is 3.39. The molecule has 10 heteroatoms. The van der Waals surface area contributed by atoms with E-state index in [2.05, 4.69) is 20.5 Å². The van der Waals surface area contributed by atoms with Gasteiger partial charge in [-0.25, -0.2) is 13.4 Å². The smallest absolute Gasteiger partial charge is 0.221 e. The number of H-pyrrole nitrogens is 1. The lowest BCUT2D eigenvalue weighted by molar-refractivity contribution is -0.121. The van der Waals surface area contributed by atoms with Gasteiger partial charge >= 0.3 is 0 Å². The van der Waals surface area contributed by atoms with Gasteiger partial charge in [0.15, 0.2) is 0 Å². The van der Waals surface area contributed by atoms with Crippen LogP contribution in [-0.4, -0.2) is 65.9 Å². The van der Waals surface area contributed by atoms with Crippen LogP contribution < -0.4 is 5.32 Å². The van der Waals surface area contributed by atoms with E-state index in [1.54, 1.807) is 6.92 Å². The normalized spacial score (nSPS) is 18.3. The Kier molecular flexibility index (Phi) is 5.26. The standard InChI is InChI=1S/C11H19N5O4S/c1-9(11-12-8-13-15-11)14-10(17)2-7-21(18,19)16-3-5-20-6-4-16/h8-9H,2-7H2,1H3,(H,14,17)(H,12,13,15). The van der Waals surface area contributed by atoms with E-state index in [0.717, 1.165) is 0 Å². The number of aromatic nitrogens is 3. The van der Waals surface area contributed by atoms with Crippen molar-refractivity contribution in [3.63, 3.8) is 0 Å². The highest BCUT2D eigenvalue weighted by Gasteiger charge is 2.25. The number of ether oxygens (including phenoxy) is 1. The molecule has 1 atom stereocenters. The Morgan fingerprint density at radius 2 is 2.24 bits per heavy atom. The molecule has 1 aromatic rings. The van der Waals surface area contributed by atoms with Gasteiger partial charge in [0.1, 0.15) is 12.2 Å². The molecule has 0 bridgehead atoms. The van der Waals surface area contributed by atoms with E-state index in [4.69, 9.17) is 4.74 Å². The molecule has 1 unspecified atom stereocenters. The second kappa shape index (κ2) is 6.96. The molecule has 0 radical (unpaired) electrons. The van der Waals surface area contributed by atoms with Crippen molar-refractivity contribution < 1.29 is 17.9 Å². The fraction of sp³-hybridized carbons (Fsp3) is 0.727. The minimum atomic E-state index is -3.41. The van der Waals surface area contributed by atoms with Crippen LogP contribution in [0.3, 0.4) is 0 Å². The molecule has 1 saturated heterocycles. The summed E-state index contributed by atoms with van der Waals surface area (Å²) in [5.74, 6) is -0.0165. The Morgan fingerprint density at radius 3 is 2.86 bits per heavy atom. The largest absolute Gasteiger partial charge is 0.379 e. The predicted octanol–water partition coefficient (Wildman–Crippen LogP) is -0.966. The molecule has 2 heterocycles. The van der Waals surface area contributed by atoms with Gasteiger partial charge in [-0.2, -0.15) is 9.40 Å². The summed E-state index contributed by atoms with van der Waals surface area (Å²) in [4.78, 5) is 15.7. The molecule has 21 heavy (non-hydrogen) atoms. The molecule has 118 valence electrons. The van der Waals surface area contributed by atoms with Gasteiger partial charge in [0.05, 0.1) is 25.0 Å². The van der Waals surface area contributed by atoms with Crippen LogP contribution in [0.25, 0.3) is 0 Å². The van der Waals surface area contributed by atoms with Crippen LogP contribution in [-0.2, 0) is 19.6 Å². The molecule has 1 fully saturated rings. The van der Waals surface area contributed by atoms with E-state index in [-0.39, 0.29) is 24.1 Å². The van der Waals surface area contributed by atoms with Crippen molar-refractivity contribution in [1.29, 1.82) is 0 Å². The van der Waals surface area contributed by atoms with E-state index in [0.29, 0.717) is 32.1 Å². The number of carbonyl (C=O) groups excluding carboxylic acids is 1. The number of nitrogens with zero attached hydrogens (tertiary/aromatic N) is 3. The maximum Gasteiger partial charge on any atom is 0.221 e. The highest BCUT2D eigenvalue weighted by atomic mass is 32.2. The quantitative estimate of drug-likeness (QED) is 0.697. The minimum Gasteiger partial charge on any atom is -0.379 e. The van der Waals surface area contributed by atoms with E-state index < -0.39 is 10.0 Å². The first-order valence-corrected chi connectivity index (χ1v) is 8.30. The van der Waals surface area contributed by atoms with Gasteiger partial charge in [-0.15, -0.1) is 0 Å². The summed E-state index contributed by atoms with van der Waals surface area (Å²) in [6, 6.07) is -0.342. The summed E-state index contributed by atoms with van der Waals surface area (Å²) in [5, 5.41) is 9.02. The van der Waals surface area contributed by atoms with E-state index >= 15 is 0 Å². The molecular formula is C11H19N5O4S. The number of hydrogen-bond donors (Lipinski definition) is 2. The van der Waals surface area contributed by atoms with Crippen LogP contribution in [0.15, 0.2) is 6.33 Å². The number of rotatable bonds is 6. The number of morpholine rings is 1.